The maximum Gasteiger partial charge on any atom is 0.321 e. The smallest absolute Gasteiger partial charge is 0.321 e. The number of nitrogens with one attached hydrogen (secondary N) is 1. The quantitative estimate of drug-likeness (QED) is 0.323. The van der Waals surface area contributed by atoms with Crippen LogP contribution < -0.4 is 5.32 Å². The van der Waals surface area contributed by atoms with Crippen LogP contribution in [0.4, 0.5) is 0 Å². The molecule has 14 heavy (non-hydrogen) atoms. The van der Waals surface area contributed by atoms with E-state index in [0.717, 1.165) is 6.42 Å². The van der Waals surface area contributed by atoms with Crippen molar-refractivity contribution < 1.29 is 20.0 Å². The third-order valence-corrected chi connectivity index (χ3v) is 2.68. The van der Waals surface area contributed by atoms with Crippen LogP contribution in [0.1, 0.15) is 12.8 Å². The molecule has 0 aromatic carbocycles. The summed E-state index contributed by atoms with van der Waals surface area (Å²) in [5, 5.41) is 29.7. The van der Waals surface area contributed by atoms with Gasteiger partial charge in [0.15, 0.2) is 0 Å². The Balaban J connectivity index is 2.41. The molecular formula is C8H16BNO4. The highest BCUT2D eigenvalue weighted by Crippen LogP contribution is 2.22. The van der Waals surface area contributed by atoms with Crippen LogP contribution in [-0.2, 0) is 4.79 Å². The van der Waals surface area contributed by atoms with E-state index < -0.39 is 18.1 Å². The van der Waals surface area contributed by atoms with Gasteiger partial charge in [-0.25, -0.2) is 0 Å². The van der Waals surface area contributed by atoms with Crippen LogP contribution in [0.3, 0.4) is 0 Å². The molecule has 80 valence electrons. The maximum atomic E-state index is 10.8. The van der Waals surface area contributed by atoms with Crippen LogP contribution in [0.2, 0.25) is 6.32 Å². The Kier molecular flexibility index (Phi) is 4.38. The molecule has 0 aromatic heterocycles. The topological polar surface area (TPSA) is 89.8 Å². The van der Waals surface area contributed by atoms with Crippen molar-refractivity contribution >= 4 is 13.5 Å². The van der Waals surface area contributed by atoms with E-state index in [4.69, 9.17) is 10.1 Å². The Labute approximate surface area is 83.4 Å². The molecular weight excluding hydrogens is 185 g/mol. The van der Waals surface area contributed by atoms with Crippen LogP contribution in [0.5, 0.6) is 0 Å². The van der Waals surface area contributed by atoms with Crippen LogP contribution in [0, 0.1) is 5.92 Å². The number of aliphatic hydroxyl groups excluding tert-OH is 1. The molecule has 1 aliphatic rings. The van der Waals surface area contributed by atoms with E-state index in [1.54, 1.807) is 0 Å². The monoisotopic (exact) mass is 201 g/mol. The van der Waals surface area contributed by atoms with Crippen molar-refractivity contribution in [1.29, 1.82) is 0 Å². The maximum absolute atomic E-state index is 10.8. The van der Waals surface area contributed by atoms with Crippen molar-refractivity contribution in [2.45, 2.75) is 31.3 Å². The summed E-state index contributed by atoms with van der Waals surface area (Å²) in [5.74, 6) is -1.13. The first-order valence-electron chi connectivity index (χ1n) is 4.92. The van der Waals surface area contributed by atoms with Gasteiger partial charge >= 0.3 is 5.97 Å². The number of hydrogen-bond donors (Lipinski definition) is 4. The Morgan fingerprint density at radius 3 is 2.86 bits per heavy atom. The van der Waals surface area contributed by atoms with Crippen LogP contribution in [-0.4, -0.2) is 47.4 Å². The Bertz CT molecular complexity index is 202. The van der Waals surface area contributed by atoms with Crippen LogP contribution in [0.25, 0.3) is 0 Å². The van der Waals surface area contributed by atoms with E-state index in [0.29, 0.717) is 19.3 Å². The summed E-state index contributed by atoms with van der Waals surface area (Å²) < 4.78 is 0. The van der Waals surface area contributed by atoms with Gasteiger partial charge in [0.05, 0.1) is 6.10 Å². The summed E-state index contributed by atoms with van der Waals surface area (Å²) in [4.78, 5) is 10.8. The molecule has 4 N–H and O–H groups in total. The zero-order valence-electron chi connectivity index (χ0n) is 8.02. The lowest BCUT2D eigenvalue weighted by molar-refractivity contribution is -0.140. The fourth-order valence-corrected chi connectivity index (χ4v) is 1.89. The van der Waals surface area contributed by atoms with Crippen molar-refractivity contribution in [1.82, 2.24) is 5.32 Å². The number of rotatable bonds is 5. The van der Waals surface area contributed by atoms with E-state index in [1.807, 2.05) is 0 Å². The van der Waals surface area contributed by atoms with Gasteiger partial charge in [-0.3, -0.25) is 4.79 Å². The second-order valence-corrected chi connectivity index (χ2v) is 3.67. The lowest BCUT2D eigenvalue weighted by Gasteiger charge is -2.17. The lowest BCUT2D eigenvalue weighted by Crippen LogP contribution is -2.36. The van der Waals surface area contributed by atoms with Crippen molar-refractivity contribution in [2.75, 3.05) is 6.54 Å². The molecule has 0 bridgehead atoms. The standard InChI is InChI=1S/C8H16BNO4/c11-6-4-10-7(8(12)13)5(6)2-1-3-9-14/h5-7,9-11,14H,1-4H2,(H,12,13)/t5-,6+,7+/m1/s1. The highest BCUT2D eigenvalue weighted by atomic mass is 16.4. The number of aliphatic carboxylic acids is 1. The zero-order chi connectivity index (χ0) is 10.6. The minimum atomic E-state index is -0.907. The summed E-state index contributed by atoms with van der Waals surface area (Å²) in [7, 11) is 0.119. The van der Waals surface area contributed by atoms with Gasteiger partial charge in [-0.1, -0.05) is 12.7 Å². The molecule has 0 aliphatic carbocycles. The average Bonchev–Trinajstić information content (AvgIpc) is 2.48. The SMILES string of the molecule is O=C(O)[C@H]1NC[C@H](O)[C@H]1CCCBO. The second kappa shape index (κ2) is 5.33. The van der Waals surface area contributed by atoms with Gasteiger partial charge in [0.1, 0.15) is 6.04 Å². The molecule has 0 saturated carbocycles. The molecule has 1 saturated heterocycles. The predicted molar refractivity (Wildman–Crippen MR) is 52.3 cm³/mol. The highest BCUT2D eigenvalue weighted by molar-refractivity contribution is 6.25. The minimum absolute atomic E-state index is 0.119. The summed E-state index contributed by atoms with van der Waals surface area (Å²) in [6.07, 6.45) is 1.49. The summed E-state index contributed by atoms with van der Waals surface area (Å²) in [6.45, 7) is 0.348. The van der Waals surface area contributed by atoms with Crippen molar-refractivity contribution in [3.8, 4) is 0 Å². The van der Waals surface area contributed by atoms with E-state index in [-0.39, 0.29) is 13.4 Å². The minimum Gasteiger partial charge on any atom is -0.480 e. The normalized spacial score (nSPS) is 31.7. The van der Waals surface area contributed by atoms with Gasteiger partial charge in [0.2, 0.25) is 0 Å². The first-order chi connectivity index (χ1) is 6.66. The Morgan fingerprint density at radius 2 is 2.29 bits per heavy atom. The van der Waals surface area contributed by atoms with Crippen LogP contribution in [0.15, 0.2) is 0 Å². The highest BCUT2D eigenvalue weighted by Gasteiger charge is 2.38. The molecule has 1 heterocycles. The van der Waals surface area contributed by atoms with Gasteiger partial charge in [-0.15, -0.1) is 0 Å². The second-order valence-electron chi connectivity index (χ2n) is 3.67. The fraction of sp³-hybridized carbons (Fsp3) is 0.875. The van der Waals surface area contributed by atoms with E-state index in [1.165, 1.54) is 0 Å². The molecule has 3 atom stereocenters. The summed E-state index contributed by atoms with van der Waals surface area (Å²) in [6, 6.07) is -0.635. The fourth-order valence-electron chi connectivity index (χ4n) is 1.89. The number of carboxylic acid groups (broad SMARTS) is 1. The Hall–Kier alpha value is -0.585. The number of carboxylic acids is 1. The molecule has 0 radical (unpaired) electrons. The molecule has 0 aromatic rings. The van der Waals surface area contributed by atoms with Crippen molar-refractivity contribution in [3.63, 3.8) is 0 Å². The summed E-state index contributed by atoms with van der Waals surface area (Å²) in [5.41, 5.74) is 0. The van der Waals surface area contributed by atoms with Crippen LogP contribution >= 0.6 is 0 Å². The van der Waals surface area contributed by atoms with Gasteiger partial charge in [0.25, 0.3) is 7.48 Å². The predicted octanol–water partition coefficient (Wildman–Crippen LogP) is -1.44. The van der Waals surface area contributed by atoms with Crippen molar-refractivity contribution in [2.24, 2.45) is 5.92 Å². The van der Waals surface area contributed by atoms with E-state index >= 15 is 0 Å². The number of β-amino-alcohol motifs (C(OH)–C–C–N with tert-alkyl or cyclic N) is 1. The van der Waals surface area contributed by atoms with E-state index in [9.17, 15) is 9.90 Å². The molecule has 5 nitrogen and oxygen atoms in total. The largest absolute Gasteiger partial charge is 0.480 e. The third-order valence-electron chi connectivity index (χ3n) is 2.68. The van der Waals surface area contributed by atoms with Gasteiger partial charge < -0.3 is 20.6 Å². The van der Waals surface area contributed by atoms with E-state index in [2.05, 4.69) is 5.32 Å². The number of aliphatic hydroxyl groups is 1. The first kappa shape index (κ1) is 11.5. The van der Waals surface area contributed by atoms with Crippen molar-refractivity contribution in [3.05, 3.63) is 0 Å². The molecule has 1 rings (SSSR count). The van der Waals surface area contributed by atoms with Gasteiger partial charge in [-0.05, 0) is 6.42 Å². The Morgan fingerprint density at radius 1 is 1.57 bits per heavy atom. The first-order valence-corrected chi connectivity index (χ1v) is 4.92. The third kappa shape index (κ3) is 2.70. The molecule has 6 heteroatoms. The molecule has 0 amide bonds. The van der Waals surface area contributed by atoms with Gasteiger partial charge in [0, 0.05) is 12.5 Å². The zero-order valence-corrected chi connectivity index (χ0v) is 8.02. The summed E-state index contributed by atoms with van der Waals surface area (Å²) >= 11 is 0. The molecule has 0 unspecified atom stereocenters. The number of hydrogen-bond acceptors (Lipinski definition) is 4. The van der Waals surface area contributed by atoms with Gasteiger partial charge in [-0.2, -0.15) is 0 Å². The molecule has 0 spiro atoms. The average molecular weight is 201 g/mol. The molecule has 1 fully saturated rings. The molecule has 1 aliphatic heterocycles. The number of carbonyl (C=O) groups is 1. The lowest BCUT2D eigenvalue weighted by atomic mass is 9.86.